The summed E-state index contributed by atoms with van der Waals surface area (Å²) in [5.41, 5.74) is -0.342. The third kappa shape index (κ3) is 2.57. The number of nitrogens with zero attached hydrogens (tertiary/aromatic N) is 2. The summed E-state index contributed by atoms with van der Waals surface area (Å²) in [7, 11) is 0. The van der Waals surface area contributed by atoms with Crippen molar-refractivity contribution in [3.8, 4) is 0 Å². The summed E-state index contributed by atoms with van der Waals surface area (Å²) in [6.45, 7) is 3.36. The number of piperidine rings is 1. The SMILES string of the molecule is O=C(NC1CCC1)[C@]12CCO[C@H]1CCN(Cc1nccs1)C2. The van der Waals surface area contributed by atoms with Crippen molar-refractivity contribution in [2.75, 3.05) is 19.7 Å². The van der Waals surface area contributed by atoms with E-state index in [2.05, 4.69) is 15.2 Å². The first-order chi connectivity index (χ1) is 10.8. The first-order valence-electron chi connectivity index (χ1n) is 8.29. The summed E-state index contributed by atoms with van der Waals surface area (Å²) in [5, 5.41) is 6.41. The van der Waals surface area contributed by atoms with Crippen molar-refractivity contribution < 1.29 is 9.53 Å². The molecule has 0 aromatic carbocycles. The Labute approximate surface area is 135 Å². The number of carbonyl (C=O) groups is 1. The summed E-state index contributed by atoms with van der Waals surface area (Å²) in [6, 6.07) is 0.400. The summed E-state index contributed by atoms with van der Waals surface area (Å²) >= 11 is 1.69. The van der Waals surface area contributed by atoms with Gasteiger partial charge >= 0.3 is 0 Å². The topological polar surface area (TPSA) is 54.5 Å². The van der Waals surface area contributed by atoms with Gasteiger partial charge in [-0.1, -0.05) is 0 Å². The molecule has 1 N–H and O–H groups in total. The lowest BCUT2D eigenvalue weighted by atomic mass is 9.75. The molecule has 1 saturated carbocycles. The summed E-state index contributed by atoms with van der Waals surface area (Å²) < 4.78 is 5.90. The van der Waals surface area contributed by atoms with Gasteiger partial charge in [0.25, 0.3) is 0 Å². The normalized spacial score (nSPS) is 32.5. The summed E-state index contributed by atoms with van der Waals surface area (Å²) in [6.07, 6.45) is 7.26. The molecule has 5 nitrogen and oxygen atoms in total. The maximum Gasteiger partial charge on any atom is 0.230 e. The molecule has 22 heavy (non-hydrogen) atoms. The highest BCUT2D eigenvalue weighted by Crippen LogP contribution is 2.42. The van der Waals surface area contributed by atoms with Crippen LogP contribution in [0.4, 0.5) is 0 Å². The van der Waals surface area contributed by atoms with Crippen LogP contribution in [0.2, 0.25) is 0 Å². The molecule has 3 fully saturated rings. The molecule has 0 bridgehead atoms. The van der Waals surface area contributed by atoms with Crippen LogP contribution in [0.15, 0.2) is 11.6 Å². The number of likely N-dealkylation sites (tertiary alicyclic amines) is 1. The molecule has 0 unspecified atom stereocenters. The number of rotatable bonds is 4. The van der Waals surface area contributed by atoms with E-state index in [0.29, 0.717) is 12.6 Å². The average molecular weight is 321 g/mol. The van der Waals surface area contributed by atoms with Gasteiger partial charge in [0.05, 0.1) is 18.1 Å². The molecule has 6 heteroatoms. The molecule has 1 aliphatic carbocycles. The molecule has 1 amide bonds. The quantitative estimate of drug-likeness (QED) is 0.919. The van der Waals surface area contributed by atoms with Gasteiger partial charge in [-0.15, -0.1) is 11.3 Å². The number of fused-ring (bicyclic) bond motifs is 1. The Kier molecular flexibility index (Phi) is 3.92. The van der Waals surface area contributed by atoms with Gasteiger partial charge in [0.1, 0.15) is 5.01 Å². The number of nitrogens with one attached hydrogen (secondary N) is 1. The molecule has 1 aromatic rings. The van der Waals surface area contributed by atoms with Crippen LogP contribution in [0.5, 0.6) is 0 Å². The zero-order chi connectivity index (χ0) is 15.0. The highest BCUT2D eigenvalue weighted by molar-refractivity contribution is 7.09. The number of thiazole rings is 1. The maximum atomic E-state index is 12.9. The summed E-state index contributed by atoms with van der Waals surface area (Å²) in [5.74, 6) is 0.225. The molecule has 3 aliphatic rings. The first kappa shape index (κ1) is 14.6. The van der Waals surface area contributed by atoms with Crippen LogP contribution in [-0.4, -0.2) is 47.6 Å². The first-order valence-corrected chi connectivity index (χ1v) is 9.17. The molecule has 1 aromatic heterocycles. The number of hydrogen-bond donors (Lipinski definition) is 1. The third-order valence-electron chi connectivity index (χ3n) is 5.43. The molecule has 0 spiro atoms. The Morgan fingerprint density at radius 1 is 1.50 bits per heavy atom. The largest absolute Gasteiger partial charge is 0.377 e. The lowest BCUT2D eigenvalue weighted by molar-refractivity contribution is -0.140. The predicted octanol–water partition coefficient (Wildman–Crippen LogP) is 1.79. The van der Waals surface area contributed by atoms with Crippen molar-refractivity contribution in [2.45, 2.75) is 50.8 Å². The van der Waals surface area contributed by atoms with Crippen molar-refractivity contribution in [3.63, 3.8) is 0 Å². The second kappa shape index (κ2) is 5.91. The van der Waals surface area contributed by atoms with E-state index in [-0.39, 0.29) is 17.4 Å². The minimum absolute atomic E-state index is 0.0973. The van der Waals surface area contributed by atoms with E-state index in [0.717, 1.165) is 50.3 Å². The van der Waals surface area contributed by atoms with E-state index >= 15 is 0 Å². The van der Waals surface area contributed by atoms with E-state index in [9.17, 15) is 4.79 Å². The van der Waals surface area contributed by atoms with E-state index in [1.54, 1.807) is 11.3 Å². The predicted molar refractivity (Wildman–Crippen MR) is 84.6 cm³/mol. The van der Waals surface area contributed by atoms with E-state index in [1.807, 2.05) is 11.6 Å². The average Bonchev–Trinajstić information content (AvgIpc) is 3.12. The van der Waals surface area contributed by atoms with Crippen LogP contribution in [0.3, 0.4) is 0 Å². The van der Waals surface area contributed by atoms with Gasteiger partial charge < -0.3 is 10.1 Å². The van der Waals surface area contributed by atoms with Crippen LogP contribution >= 0.6 is 11.3 Å². The molecular weight excluding hydrogens is 298 g/mol. The molecule has 0 radical (unpaired) electrons. The lowest BCUT2D eigenvalue weighted by Crippen LogP contribution is -2.58. The monoisotopic (exact) mass is 321 g/mol. The number of amides is 1. The third-order valence-corrected chi connectivity index (χ3v) is 6.20. The second-order valence-corrected chi connectivity index (χ2v) is 7.77. The molecule has 2 saturated heterocycles. The Bertz CT molecular complexity index is 532. The number of carbonyl (C=O) groups excluding carboxylic acids is 1. The molecule has 2 atom stereocenters. The Hall–Kier alpha value is -0.980. The van der Waals surface area contributed by atoms with E-state index < -0.39 is 0 Å². The van der Waals surface area contributed by atoms with Crippen LogP contribution in [0.25, 0.3) is 0 Å². The second-order valence-electron chi connectivity index (χ2n) is 6.79. The summed E-state index contributed by atoms with van der Waals surface area (Å²) in [4.78, 5) is 19.7. The Morgan fingerprint density at radius 2 is 2.41 bits per heavy atom. The van der Waals surface area contributed by atoms with Crippen LogP contribution in [-0.2, 0) is 16.1 Å². The molecule has 120 valence electrons. The highest BCUT2D eigenvalue weighted by atomic mass is 32.1. The van der Waals surface area contributed by atoms with Crippen molar-refractivity contribution in [1.82, 2.24) is 15.2 Å². The lowest BCUT2D eigenvalue weighted by Gasteiger charge is -2.43. The fourth-order valence-electron chi connectivity index (χ4n) is 3.89. The van der Waals surface area contributed by atoms with Gasteiger partial charge in [-0.3, -0.25) is 9.69 Å². The zero-order valence-electron chi connectivity index (χ0n) is 12.8. The maximum absolute atomic E-state index is 12.9. The number of aromatic nitrogens is 1. The van der Waals surface area contributed by atoms with Crippen molar-refractivity contribution >= 4 is 17.2 Å². The molecular formula is C16H23N3O2S. The fourth-order valence-corrected chi connectivity index (χ4v) is 4.55. The minimum Gasteiger partial charge on any atom is -0.377 e. The molecule has 2 aliphatic heterocycles. The van der Waals surface area contributed by atoms with E-state index in [4.69, 9.17) is 4.74 Å². The van der Waals surface area contributed by atoms with Crippen LogP contribution in [0, 0.1) is 5.41 Å². The van der Waals surface area contributed by atoms with E-state index in [1.165, 1.54) is 6.42 Å². The van der Waals surface area contributed by atoms with Gasteiger partial charge in [0, 0.05) is 37.3 Å². The Balaban J connectivity index is 1.48. The smallest absolute Gasteiger partial charge is 0.230 e. The zero-order valence-corrected chi connectivity index (χ0v) is 13.6. The van der Waals surface area contributed by atoms with Crippen molar-refractivity contribution in [3.05, 3.63) is 16.6 Å². The fraction of sp³-hybridized carbons (Fsp3) is 0.750. The number of ether oxygens (including phenoxy) is 1. The van der Waals surface area contributed by atoms with Gasteiger partial charge in [-0.2, -0.15) is 0 Å². The highest BCUT2D eigenvalue weighted by Gasteiger charge is 2.53. The Morgan fingerprint density at radius 3 is 3.14 bits per heavy atom. The van der Waals surface area contributed by atoms with Gasteiger partial charge in [-0.05, 0) is 32.1 Å². The van der Waals surface area contributed by atoms with Crippen molar-refractivity contribution in [1.29, 1.82) is 0 Å². The molecule has 4 rings (SSSR count). The van der Waals surface area contributed by atoms with Crippen molar-refractivity contribution in [2.24, 2.45) is 5.41 Å². The van der Waals surface area contributed by atoms with Crippen LogP contribution < -0.4 is 5.32 Å². The van der Waals surface area contributed by atoms with Gasteiger partial charge in [0.15, 0.2) is 0 Å². The molecule has 3 heterocycles. The minimum atomic E-state index is -0.342. The van der Waals surface area contributed by atoms with Gasteiger partial charge in [0.2, 0.25) is 5.91 Å². The standard InChI is InChI=1S/C16H23N3O2S/c20-15(18-12-2-1-3-12)16-5-8-21-13(16)4-7-19(11-16)10-14-17-6-9-22-14/h6,9,12-13H,1-5,7-8,10-11H2,(H,18,20)/t13-,16-/m0/s1. The van der Waals surface area contributed by atoms with Gasteiger partial charge in [-0.25, -0.2) is 4.98 Å². The number of hydrogen-bond acceptors (Lipinski definition) is 5. The van der Waals surface area contributed by atoms with Crippen LogP contribution in [0.1, 0.15) is 37.1 Å².